The Balaban J connectivity index is 3.05. The van der Waals surface area contributed by atoms with Gasteiger partial charge in [-0.25, -0.2) is 4.21 Å². The van der Waals surface area contributed by atoms with E-state index in [9.17, 15) is 4.21 Å². The van der Waals surface area contributed by atoms with Crippen molar-refractivity contribution in [2.24, 2.45) is 0 Å². The molecule has 0 aliphatic carbocycles. The van der Waals surface area contributed by atoms with Crippen LogP contribution in [0, 0.1) is 0 Å². The zero-order valence-electron chi connectivity index (χ0n) is 2.75. The number of carbonyl (C=O) groups excluding carboxylic acids is 1. The third-order valence-electron chi connectivity index (χ3n) is 0.149. The topological polar surface area (TPSA) is 66.4 Å². The van der Waals surface area contributed by atoms with E-state index >= 15 is 0 Å². The molecule has 0 rings (SSSR count). The van der Waals surface area contributed by atoms with Gasteiger partial charge in [0.2, 0.25) is 6.41 Å². The summed E-state index contributed by atoms with van der Waals surface area (Å²) in [7, 11) is 0. The summed E-state index contributed by atoms with van der Waals surface area (Å²) in [5.74, 6) is 0. The third-order valence-corrected chi connectivity index (χ3v) is 0.447. The van der Waals surface area contributed by atoms with Gasteiger partial charge in [0.15, 0.2) is 0 Å². The predicted octanol–water partition coefficient (Wildman–Crippen LogP) is -1.13. The number of amides is 1. The minimum absolute atomic E-state index is 0.149. The van der Waals surface area contributed by atoms with E-state index in [1.807, 2.05) is 0 Å². The molecule has 0 aliphatic rings. The Hall–Kier alpha value is -0.420. The highest BCUT2D eigenvalue weighted by atomic mass is 32.2. The van der Waals surface area contributed by atoms with Crippen molar-refractivity contribution in [1.82, 2.24) is 4.72 Å². The molecule has 0 bridgehead atoms. The maximum absolute atomic E-state index is 9.37. The fourth-order valence-corrected chi connectivity index (χ4v) is 0.123. The van der Waals surface area contributed by atoms with Crippen molar-refractivity contribution in [1.29, 1.82) is 0 Å². The number of hydrogen-bond donors (Lipinski definition) is 2. The molecule has 5 heteroatoms. The number of rotatable bonds is 2. The molecule has 0 saturated carbocycles. The summed E-state index contributed by atoms with van der Waals surface area (Å²) in [5.41, 5.74) is 0. The van der Waals surface area contributed by atoms with Crippen LogP contribution in [0.25, 0.3) is 0 Å². The first-order valence-electron chi connectivity index (χ1n) is 1.08. The minimum Gasteiger partial charge on any atom is -0.289 e. The zero-order valence-corrected chi connectivity index (χ0v) is 3.57. The molecule has 1 amide bonds. The highest BCUT2D eigenvalue weighted by Crippen LogP contribution is 1.49. The van der Waals surface area contributed by atoms with E-state index < -0.39 is 11.3 Å². The first kappa shape index (κ1) is 5.58. The quantitative estimate of drug-likeness (QED) is 0.348. The summed E-state index contributed by atoms with van der Waals surface area (Å²) in [6.45, 7) is 0. The number of hydrogen-bond acceptors (Lipinski definition) is 2. The fourth-order valence-electron chi connectivity index (χ4n) is 0.0412. The molecule has 0 spiro atoms. The van der Waals surface area contributed by atoms with E-state index in [0.717, 1.165) is 0 Å². The average Bonchev–Trinajstić information content (AvgIpc) is 1.35. The van der Waals surface area contributed by atoms with Crippen LogP contribution in [0.2, 0.25) is 0 Å². The predicted molar refractivity (Wildman–Crippen MR) is 20.0 cm³/mol. The van der Waals surface area contributed by atoms with Crippen molar-refractivity contribution in [2.45, 2.75) is 0 Å². The lowest BCUT2D eigenvalue weighted by atomic mass is 11.5. The Labute approximate surface area is 37.0 Å². The second-order valence-corrected chi connectivity index (χ2v) is 1.22. The van der Waals surface area contributed by atoms with Crippen LogP contribution in [0.15, 0.2) is 0 Å². The van der Waals surface area contributed by atoms with Gasteiger partial charge in [-0.2, -0.15) is 0 Å². The van der Waals surface area contributed by atoms with Crippen molar-refractivity contribution < 1.29 is 13.6 Å². The maximum atomic E-state index is 9.37. The zero-order chi connectivity index (χ0) is 4.99. The van der Waals surface area contributed by atoms with Gasteiger partial charge in [0.1, 0.15) is 0 Å². The fraction of sp³-hybridized carbons (Fsp3) is 0. The van der Waals surface area contributed by atoms with Crippen LogP contribution in [-0.4, -0.2) is 15.2 Å². The SMILES string of the molecule is O=CNS(=O)O. The Morgan fingerprint density at radius 3 is 2.33 bits per heavy atom. The largest absolute Gasteiger partial charge is 0.289 e. The maximum Gasteiger partial charge on any atom is 0.261 e. The summed E-state index contributed by atoms with van der Waals surface area (Å²) in [6, 6.07) is 0. The summed E-state index contributed by atoms with van der Waals surface area (Å²) >= 11 is -2.18. The number of nitrogens with one attached hydrogen (secondary N) is 1. The lowest BCUT2D eigenvalue weighted by molar-refractivity contribution is -0.108. The lowest BCUT2D eigenvalue weighted by Gasteiger charge is -1.79. The first-order chi connectivity index (χ1) is 2.77. The van der Waals surface area contributed by atoms with Gasteiger partial charge < -0.3 is 0 Å². The van der Waals surface area contributed by atoms with Crippen LogP contribution in [0.1, 0.15) is 0 Å². The lowest BCUT2D eigenvalue weighted by Crippen LogP contribution is -2.12. The standard InChI is InChI=1S/CH3NO3S/c3-1-2-6(4)5/h1H,(H,2,3)(H,4,5). The molecule has 0 aromatic carbocycles. The highest BCUT2D eigenvalue weighted by Gasteiger charge is 1.78. The van der Waals surface area contributed by atoms with Crippen LogP contribution in [-0.2, 0) is 16.1 Å². The molecule has 6 heavy (non-hydrogen) atoms. The van der Waals surface area contributed by atoms with Crippen molar-refractivity contribution in [2.75, 3.05) is 0 Å². The van der Waals surface area contributed by atoms with Gasteiger partial charge in [-0.1, -0.05) is 0 Å². The van der Waals surface area contributed by atoms with Crippen molar-refractivity contribution in [3.8, 4) is 0 Å². The van der Waals surface area contributed by atoms with E-state index in [-0.39, 0.29) is 6.41 Å². The molecule has 0 aliphatic heterocycles. The van der Waals surface area contributed by atoms with Crippen molar-refractivity contribution in [3.05, 3.63) is 0 Å². The van der Waals surface area contributed by atoms with Gasteiger partial charge in [0.25, 0.3) is 11.3 Å². The van der Waals surface area contributed by atoms with Crippen LogP contribution < -0.4 is 4.72 Å². The Kier molecular flexibility index (Phi) is 2.60. The molecule has 0 radical (unpaired) electrons. The Morgan fingerprint density at radius 2 is 2.33 bits per heavy atom. The molecule has 0 aromatic rings. The van der Waals surface area contributed by atoms with E-state index in [1.54, 1.807) is 4.72 Å². The van der Waals surface area contributed by atoms with Crippen LogP contribution in [0.5, 0.6) is 0 Å². The smallest absolute Gasteiger partial charge is 0.261 e. The van der Waals surface area contributed by atoms with Crippen molar-refractivity contribution >= 4 is 17.7 Å². The van der Waals surface area contributed by atoms with Crippen molar-refractivity contribution in [3.63, 3.8) is 0 Å². The van der Waals surface area contributed by atoms with E-state index in [4.69, 9.17) is 9.35 Å². The third kappa shape index (κ3) is 3.58. The van der Waals surface area contributed by atoms with Gasteiger partial charge in [0.05, 0.1) is 0 Å². The molecule has 4 nitrogen and oxygen atoms in total. The molecular weight excluding hydrogens is 106 g/mol. The Morgan fingerprint density at radius 1 is 1.83 bits per heavy atom. The highest BCUT2D eigenvalue weighted by molar-refractivity contribution is 7.77. The molecule has 36 valence electrons. The second kappa shape index (κ2) is 2.80. The summed E-state index contributed by atoms with van der Waals surface area (Å²) in [4.78, 5) is 9.15. The molecule has 0 aromatic heterocycles. The van der Waals surface area contributed by atoms with Gasteiger partial charge in [0, 0.05) is 0 Å². The second-order valence-electron chi connectivity index (χ2n) is 0.485. The summed E-state index contributed by atoms with van der Waals surface area (Å²) in [5, 5.41) is 0. The van der Waals surface area contributed by atoms with E-state index in [0.29, 0.717) is 0 Å². The normalized spacial score (nSPS) is 12.8. The van der Waals surface area contributed by atoms with E-state index in [2.05, 4.69) is 0 Å². The molecule has 2 N–H and O–H groups in total. The molecule has 0 saturated heterocycles. The molecule has 0 fully saturated rings. The summed E-state index contributed by atoms with van der Waals surface area (Å²) < 4.78 is 18.6. The average molecular weight is 109 g/mol. The van der Waals surface area contributed by atoms with Gasteiger partial charge in [-0.15, -0.1) is 0 Å². The monoisotopic (exact) mass is 109 g/mol. The molecule has 1 atom stereocenters. The van der Waals surface area contributed by atoms with Crippen LogP contribution in [0.3, 0.4) is 0 Å². The van der Waals surface area contributed by atoms with E-state index in [1.165, 1.54) is 0 Å². The van der Waals surface area contributed by atoms with Gasteiger partial charge in [-0.05, 0) is 0 Å². The number of carbonyl (C=O) groups is 1. The van der Waals surface area contributed by atoms with Crippen LogP contribution in [0.4, 0.5) is 0 Å². The summed E-state index contributed by atoms with van der Waals surface area (Å²) in [6.07, 6.45) is 0.149. The van der Waals surface area contributed by atoms with Gasteiger partial charge >= 0.3 is 0 Å². The minimum atomic E-state index is -2.18. The Bertz CT molecular complexity index is 71.2. The molecule has 1 unspecified atom stereocenters. The van der Waals surface area contributed by atoms with Crippen LogP contribution >= 0.6 is 0 Å². The first-order valence-corrected chi connectivity index (χ1v) is 2.18. The van der Waals surface area contributed by atoms with Gasteiger partial charge in [-0.3, -0.25) is 14.1 Å². The molecule has 0 heterocycles. The molecular formula is CH3NO3S.